The van der Waals surface area contributed by atoms with E-state index in [1.165, 1.54) is 7.11 Å². The van der Waals surface area contributed by atoms with Crippen LogP contribution >= 0.6 is 0 Å². The van der Waals surface area contributed by atoms with Gasteiger partial charge in [0, 0.05) is 33.1 Å². The fourth-order valence-electron chi connectivity index (χ4n) is 3.87. The van der Waals surface area contributed by atoms with Gasteiger partial charge >= 0.3 is 5.97 Å². The molecule has 1 heterocycles. The van der Waals surface area contributed by atoms with Gasteiger partial charge in [-0.3, -0.25) is 0 Å². The number of carbonyl (C=O) groups excluding carboxylic acids is 1. The lowest BCUT2D eigenvalue weighted by Gasteiger charge is -2.21. The molecule has 0 bridgehead atoms. The predicted molar refractivity (Wildman–Crippen MR) is 117 cm³/mol. The molecule has 3 aromatic carbocycles. The van der Waals surface area contributed by atoms with Gasteiger partial charge in [-0.15, -0.1) is 4.91 Å². The van der Waals surface area contributed by atoms with E-state index in [0.717, 1.165) is 38.5 Å². The first kappa shape index (κ1) is 18.9. The molecule has 1 aromatic heterocycles. The maximum atomic E-state index is 12.0. The van der Waals surface area contributed by atoms with E-state index in [2.05, 4.69) is 30.9 Å². The molecule has 4 rings (SSSR count). The predicted octanol–water partition coefficient (Wildman–Crippen LogP) is 6.47. The molecule has 0 saturated heterocycles. The second kappa shape index (κ2) is 6.85. The average molecular weight is 386 g/mol. The first-order valence-electron chi connectivity index (χ1n) is 9.45. The summed E-state index contributed by atoms with van der Waals surface area (Å²) in [6, 6.07) is 16.9. The highest BCUT2D eigenvalue weighted by Crippen LogP contribution is 2.45. The summed E-state index contributed by atoms with van der Waals surface area (Å²) in [5.41, 5.74) is 4.45. The molecule has 0 atom stereocenters. The Morgan fingerprint density at radius 1 is 0.966 bits per heavy atom. The summed E-state index contributed by atoms with van der Waals surface area (Å²) in [5, 5.41) is 6.07. The number of hydrogen-bond donors (Lipinski definition) is 1. The number of nitrogens with zero attached hydrogens (tertiary/aromatic N) is 1. The number of nitroso groups, excluding NO2 is 1. The normalized spacial score (nSPS) is 11.7. The summed E-state index contributed by atoms with van der Waals surface area (Å²) >= 11 is 0. The van der Waals surface area contributed by atoms with Gasteiger partial charge in [0.25, 0.3) is 0 Å². The van der Waals surface area contributed by atoms with Crippen molar-refractivity contribution in [1.29, 1.82) is 0 Å². The van der Waals surface area contributed by atoms with Crippen LogP contribution in [0, 0.1) is 4.91 Å². The minimum absolute atomic E-state index is 0.178. The molecule has 0 unspecified atom stereocenters. The molecule has 4 aromatic rings. The second-order valence-corrected chi connectivity index (χ2v) is 8.15. The summed E-state index contributed by atoms with van der Waals surface area (Å²) in [4.78, 5) is 27.2. The summed E-state index contributed by atoms with van der Waals surface area (Å²) in [5.74, 6) is -0.395. The van der Waals surface area contributed by atoms with Crippen LogP contribution in [0.2, 0.25) is 0 Å². The van der Waals surface area contributed by atoms with E-state index >= 15 is 0 Å². The van der Waals surface area contributed by atoms with E-state index in [-0.39, 0.29) is 5.41 Å². The Balaban J connectivity index is 2.13. The highest BCUT2D eigenvalue weighted by Gasteiger charge is 2.26. The number of aromatic nitrogens is 1. The SMILES string of the molecule is COC(=O)c1ccc2c(-c3c(C(C)(C)C)[nH]c4ccccc34)c(N=O)ccc2c1. The van der Waals surface area contributed by atoms with Gasteiger partial charge in [-0.2, -0.15) is 0 Å². The third kappa shape index (κ3) is 3.09. The first-order chi connectivity index (χ1) is 13.8. The number of hydrogen-bond acceptors (Lipinski definition) is 4. The molecule has 0 aliphatic heterocycles. The lowest BCUT2D eigenvalue weighted by molar-refractivity contribution is 0.0601. The van der Waals surface area contributed by atoms with Crippen LogP contribution in [-0.2, 0) is 10.2 Å². The van der Waals surface area contributed by atoms with Gasteiger partial charge in [0.2, 0.25) is 0 Å². The number of H-pyrrole nitrogens is 1. The van der Waals surface area contributed by atoms with Crippen LogP contribution in [0.5, 0.6) is 0 Å². The Morgan fingerprint density at radius 3 is 2.41 bits per heavy atom. The topological polar surface area (TPSA) is 71.5 Å². The molecule has 146 valence electrons. The molecule has 5 nitrogen and oxygen atoms in total. The molecule has 5 heteroatoms. The Hall–Kier alpha value is -3.47. The minimum Gasteiger partial charge on any atom is -0.465 e. The van der Waals surface area contributed by atoms with Crippen LogP contribution in [-0.4, -0.2) is 18.1 Å². The zero-order valence-electron chi connectivity index (χ0n) is 16.9. The number of carbonyl (C=O) groups is 1. The zero-order chi connectivity index (χ0) is 20.8. The third-order valence-electron chi connectivity index (χ3n) is 5.22. The Labute approximate surface area is 168 Å². The molecular weight excluding hydrogens is 364 g/mol. The highest BCUT2D eigenvalue weighted by atomic mass is 16.5. The van der Waals surface area contributed by atoms with Gasteiger partial charge in [-0.25, -0.2) is 4.79 Å². The molecular formula is C24H22N2O3. The first-order valence-corrected chi connectivity index (χ1v) is 9.45. The van der Waals surface area contributed by atoms with Gasteiger partial charge in [0.15, 0.2) is 0 Å². The summed E-state index contributed by atoms with van der Waals surface area (Å²) < 4.78 is 4.84. The zero-order valence-corrected chi connectivity index (χ0v) is 16.9. The molecule has 0 amide bonds. The molecule has 29 heavy (non-hydrogen) atoms. The van der Waals surface area contributed by atoms with Gasteiger partial charge < -0.3 is 9.72 Å². The van der Waals surface area contributed by atoms with Gasteiger partial charge in [-0.05, 0) is 40.2 Å². The molecule has 0 aliphatic carbocycles. The number of esters is 1. The van der Waals surface area contributed by atoms with Crippen LogP contribution in [0.3, 0.4) is 0 Å². The van der Waals surface area contributed by atoms with Gasteiger partial charge in [0.1, 0.15) is 5.69 Å². The maximum absolute atomic E-state index is 12.0. The fourth-order valence-corrected chi connectivity index (χ4v) is 3.87. The van der Waals surface area contributed by atoms with E-state index in [1.807, 2.05) is 36.4 Å². The number of nitrogens with one attached hydrogen (secondary N) is 1. The monoisotopic (exact) mass is 386 g/mol. The van der Waals surface area contributed by atoms with E-state index in [1.54, 1.807) is 18.2 Å². The molecule has 0 fully saturated rings. The smallest absolute Gasteiger partial charge is 0.337 e. The van der Waals surface area contributed by atoms with Crippen LogP contribution in [0.25, 0.3) is 32.8 Å². The summed E-state index contributed by atoms with van der Waals surface area (Å²) in [6.45, 7) is 6.40. The second-order valence-electron chi connectivity index (χ2n) is 8.15. The number of ether oxygens (including phenoxy) is 1. The Bertz CT molecular complexity index is 1260. The van der Waals surface area contributed by atoms with E-state index in [0.29, 0.717) is 11.3 Å². The van der Waals surface area contributed by atoms with Crippen LogP contribution in [0.1, 0.15) is 36.8 Å². The number of benzene rings is 3. The summed E-state index contributed by atoms with van der Waals surface area (Å²) in [6.07, 6.45) is 0. The van der Waals surface area contributed by atoms with Gasteiger partial charge in [0.05, 0.1) is 12.7 Å². The van der Waals surface area contributed by atoms with Crippen LogP contribution < -0.4 is 0 Å². The number of para-hydroxylation sites is 1. The minimum atomic E-state index is -0.395. The lowest BCUT2D eigenvalue weighted by Crippen LogP contribution is -2.13. The highest BCUT2D eigenvalue weighted by molar-refractivity contribution is 6.11. The van der Waals surface area contributed by atoms with Crippen molar-refractivity contribution in [3.8, 4) is 11.1 Å². The number of fused-ring (bicyclic) bond motifs is 2. The van der Waals surface area contributed by atoms with Gasteiger partial charge in [-0.1, -0.05) is 51.1 Å². The molecule has 0 saturated carbocycles. The van der Waals surface area contributed by atoms with Crippen molar-refractivity contribution in [2.24, 2.45) is 5.18 Å². The van der Waals surface area contributed by atoms with Crippen molar-refractivity contribution in [1.82, 2.24) is 4.98 Å². The maximum Gasteiger partial charge on any atom is 0.337 e. The van der Waals surface area contributed by atoms with E-state index in [9.17, 15) is 9.70 Å². The van der Waals surface area contributed by atoms with Crippen molar-refractivity contribution >= 4 is 33.3 Å². The summed E-state index contributed by atoms with van der Waals surface area (Å²) in [7, 11) is 1.36. The average Bonchev–Trinajstić information content (AvgIpc) is 3.11. The van der Waals surface area contributed by atoms with Crippen molar-refractivity contribution < 1.29 is 9.53 Å². The standard InChI is InChI=1S/C24H22N2O3/c1-24(2,3)22-21(17-7-5-6-8-18(17)25-22)20-16-11-9-15(23(27)29-4)13-14(16)10-12-19(20)26-28/h5-13,25H,1-4H3. The molecule has 0 aliphatic rings. The molecule has 0 spiro atoms. The Kier molecular flexibility index (Phi) is 4.46. The van der Waals surface area contributed by atoms with Crippen molar-refractivity contribution in [3.63, 3.8) is 0 Å². The fraction of sp³-hybridized carbons (Fsp3) is 0.208. The van der Waals surface area contributed by atoms with Crippen LogP contribution in [0.15, 0.2) is 59.8 Å². The Morgan fingerprint density at radius 2 is 1.72 bits per heavy atom. The quantitative estimate of drug-likeness (QED) is 0.324. The largest absolute Gasteiger partial charge is 0.465 e. The number of aromatic amines is 1. The number of rotatable bonds is 3. The lowest BCUT2D eigenvalue weighted by atomic mass is 9.84. The van der Waals surface area contributed by atoms with Crippen molar-refractivity contribution in [2.45, 2.75) is 26.2 Å². The van der Waals surface area contributed by atoms with E-state index in [4.69, 9.17) is 4.74 Å². The van der Waals surface area contributed by atoms with Crippen LogP contribution in [0.4, 0.5) is 5.69 Å². The van der Waals surface area contributed by atoms with E-state index < -0.39 is 5.97 Å². The molecule has 1 N–H and O–H groups in total. The van der Waals surface area contributed by atoms with Crippen molar-refractivity contribution in [3.05, 3.63) is 70.8 Å². The number of methoxy groups -OCH3 is 1. The third-order valence-corrected chi connectivity index (χ3v) is 5.22. The molecule has 0 radical (unpaired) electrons. The van der Waals surface area contributed by atoms with Crippen molar-refractivity contribution in [2.75, 3.05) is 7.11 Å².